The molecule has 28 heavy (non-hydrogen) atoms. The highest BCUT2D eigenvalue weighted by molar-refractivity contribution is 6.67. The fourth-order valence-electron chi connectivity index (χ4n) is 3.41. The number of amides is 2. The van der Waals surface area contributed by atoms with E-state index in [-0.39, 0.29) is 11.5 Å². The summed E-state index contributed by atoms with van der Waals surface area (Å²) < 4.78 is 3.04. The average molecular weight is 495 g/mol. The molecule has 0 spiro atoms. The molecule has 2 amide bonds. The van der Waals surface area contributed by atoms with Crippen LogP contribution in [0, 0.1) is 11.8 Å². The smallest absolute Gasteiger partial charge is 0.333 e. The van der Waals surface area contributed by atoms with E-state index in [0.29, 0.717) is 6.41 Å². The number of halogens is 5. The number of nitrogens with one attached hydrogen (secondary N) is 1. The predicted octanol–water partition coefficient (Wildman–Crippen LogP) is 3.39. The van der Waals surface area contributed by atoms with Gasteiger partial charge in [0.05, 0.1) is 0 Å². The van der Waals surface area contributed by atoms with Crippen LogP contribution in [0.4, 0.5) is 0 Å². The maximum atomic E-state index is 12.1. The van der Waals surface area contributed by atoms with Crippen LogP contribution in [0.2, 0.25) is 0 Å². The first-order chi connectivity index (χ1) is 13.1. The molecule has 3 aliphatic rings. The molecule has 0 aromatic rings. The van der Waals surface area contributed by atoms with Gasteiger partial charge in [0.25, 0.3) is 5.91 Å². The lowest BCUT2D eigenvalue weighted by Crippen LogP contribution is -2.71. The minimum absolute atomic E-state index is 0.118. The molecular weight excluding hydrogens is 473 g/mol. The topological polar surface area (TPSA) is 75.7 Å². The molecule has 0 aromatic heterocycles. The molecule has 2 saturated carbocycles. The van der Waals surface area contributed by atoms with Crippen molar-refractivity contribution in [2.75, 3.05) is 12.5 Å². The molecule has 0 bridgehead atoms. The number of alkyl halides is 5. The molecular formula is C17H21Cl5N2O4. The zero-order valence-corrected chi connectivity index (χ0v) is 18.7. The Hall–Kier alpha value is -0.400. The van der Waals surface area contributed by atoms with Gasteiger partial charge >= 0.3 is 5.97 Å². The van der Waals surface area contributed by atoms with E-state index < -0.39 is 39.9 Å². The van der Waals surface area contributed by atoms with Gasteiger partial charge in [-0.1, -0.05) is 72.2 Å². The first kappa shape index (κ1) is 23.9. The van der Waals surface area contributed by atoms with E-state index >= 15 is 0 Å². The van der Waals surface area contributed by atoms with Crippen LogP contribution in [0.1, 0.15) is 25.7 Å². The van der Waals surface area contributed by atoms with Crippen molar-refractivity contribution in [1.29, 1.82) is 0 Å². The molecule has 3 fully saturated rings. The number of ether oxygens (including phenoxy) is 1. The quantitative estimate of drug-likeness (QED) is 0.147. The van der Waals surface area contributed by atoms with Gasteiger partial charge in [-0.15, -0.1) is 11.6 Å². The lowest BCUT2D eigenvalue weighted by molar-refractivity contribution is -0.162. The van der Waals surface area contributed by atoms with Crippen molar-refractivity contribution in [3.63, 3.8) is 0 Å². The number of fused-ring (bicyclic) bond motifs is 1. The summed E-state index contributed by atoms with van der Waals surface area (Å²) >= 11 is 28.1. The van der Waals surface area contributed by atoms with Gasteiger partial charge in [-0.2, -0.15) is 0 Å². The van der Waals surface area contributed by atoms with Gasteiger partial charge in [0.15, 0.2) is 6.04 Å². The van der Waals surface area contributed by atoms with E-state index in [4.69, 9.17) is 62.7 Å². The Morgan fingerprint density at radius 1 is 1.36 bits per heavy atom. The molecule has 1 saturated heterocycles. The van der Waals surface area contributed by atoms with Gasteiger partial charge < -0.3 is 15.0 Å². The monoisotopic (exact) mass is 492 g/mol. The van der Waals surface area contributed by atoms with E-state index in [9.17, 15) is 14.4 Å². The van der Waals surface area contributed by atoms with E-state index in [1.54, 1.807) is 19.3 Å². The molecule has 5 atom stereocenters. The Labute approximate surface area is 188 Å². The van der Waals surface area contributed by atoms with Crippen LogP contribution in [-0.2, 0) is 19.1 Å². The minimum atomic E-state index is -1.80. The second-order valence-corrected chi connectivity index (χ2v) is 10.2. The summed E-state index contributed by atoms with van der Waals surface area (Å²) in [4.78, 5) is 35.5. The van der Waals surface area contributed by atoms with Gasteiger partial charge in [-0.25, -0.2) is 4.79 Å². The molecule has 11 heteroatoms. The van der Waals surface area contributed by atoms with Crippen molar-refractivity contribution in [2.24, 2.45) is 11.8 Å². The second kappa shape index (κ2) is 10.1. The van der Waals surface area contributed by atoms with Crippen molar-refractivity contribution < 1.29 is 19.1 Å². The normalized spacial score (nSPS) is 28.9. The lowest BCUT2D eigenvalue weighted by atomic mass is 9.99. The van der Waals surface area contributed by atoms with Crippen LogP contribution in [-0.4, -0.2) is 57.1 Å². The predicted molar refractivity (Wildman–Crippen MR) is 110 cm³/mol. The highest BCUT2D eigenvalue weighted by Crippen LogP contribution is 2.51. The van der Waals surface area contributed by atoms with Crippen molar-refractivity contribution in [3.8, 4) is 0 Å². The van der Waals surface area contributed by atoms with Crippen LogP contribution in [0.25, 0.3) is 0 Å². The summed E-state index contributed by atoms with van der Waals surface area (Å²) in [6.45, 7) is 3.09. The molecule has 0 radical (unpaired) electrons. The van der Waals surface area contributed by atoms with Crippen LogP contribution < -0.4 is 5.32 Å². The molecule has 5 unspecified atom stereocenters. The molecule has 3 rings (SSSR count). The maximum absolute atomic E-state index is 12.1. The zero-order valence-electron chi connectivity index (χ0n) is 14.9. The fraction of sp³-hybridized carbons (Fsp3) is 0.706. The summed E-state index contributed by atoms with van der Waals surface area (Å²) in [6.07, 6.45) is 6.58. The van der Waals surface area contributed by atoms with Crippen LogP contribution >= 0.6 is 58.0 Å². The summed E-state index contributed by atoms with van der Waals surface area (Å²) in [5, 5.41) is 2.24. The van der Waals surface area contributed by atoms with Crippen molar-refractivity contribution in [2.45, 2.75) is 47.1 Å². The first-order valence-electron chi connectivity index (χ1n) is 8.73. The highest BCUT2D eigenvalue weighted by atomic mass is 35.6. The number of carbonyl (C=O) groups excluding carboxylic acids is 3. The van der Waals surface area contributed by atoms with Gasteiger partial charge in [0.2, 0.25) is 10.2 Å². The van der Waals surface area contributed by atoms with E-state index in [1.165, 1.54) is 18.3 Å². The standard InChI is InChI=1S/C11H11Cl5N2O4.C6H10/c1-5(2-12)7(10(21)22-3-11(14,15)16)18-8(13)6(9(18)20)17-4-19;1-2-5-4-6(5)3-1/h4,6-8H,1-3H2,(H,17,19);5-6H,1-4H2. The van der Waals surface area contributed by atoms with Gasteiger partial charge in [0, 0.05) is 5.88 Å². The number of esters is 1. The molecule has 1 N–H and O–H groups in total. The van der Waals surface area contributed by atoms with E-state index in [2.05, 4.69) is 11.9 Å². The first-order valence-corrected chi connectivity index (χ1v) is 10.8. The Morgan fingerprint density at radius 3 is 2.32 bits per heavy atom. The molecule has 0 aromatic carbocycles. The second-order valence-electron chi connectivity index (χ2n) is 6.98. The summed E-state index contributed by atoms with van der Waals surface area (Å²) in [6, 6.07) is -2.17. The SMILES string of the molecule is C1CC2CC2C1.C=C(CCl)C(C(=O)OCC(Cl)(Cl)Cl)N1C(=O)C(NC=O)C1Cl. The van der Waals surface area contributed by atoms with E-state index in [0.717, 1.165) is 4.90 Å². The summed E-state index contributed by atoms with van der Waals surface area (Å²) in [5.41, 5.74) is -0.775. The number of carbonyl (C=O) groups is 3. The minimum Gasteiger partial charge on any atom is -0.459 e. The third-order valence-corrected chi connectivity index (χ3v) is 6.10. The van der Waals surface area contributed by atoms with Crippen molar-refractivity contribution in [1.82, 2.24) is 10.2 Å². The summed E-state index contributed by atoms with van der Waals surface area (Å²) in [5.74, 6) is 0.844. The van der Waals surface area contributed by atoms with Gasteiger partial charge in [0.1, 0.15) is 18.1 Å². The maximum Gasteiger partial charge on any atom is 0.333 e. The highest BCUT2D eigenvalue weighted by Gasteiger charge is 2.52. The van der Waals surface area contributed by atoms with Crippen molar-refractivity contribution >= 4 is 76.3 Å². The van der Waals surface area contributed by atoms with Gasteiger partial charge in [-0.3, -0.25) is 9.59 Å². The van der Waals surface area contributed by atoms with Crippen LogP contribution in [0.3, 0.4) is 0 Å². The van der Waals surface area contributed by atoms with Gasteiger partial charge in [-0.05, 0) is 23.8 Å². The third-order valence-electron chi connectivity index (χ3n) is 4.97. The largest absolute Gasteiger partial charge is 0.459 e. The Balaban J connectivity index is 0.000000385. The molecule has 6 nitrogen and oxygen atoms in total. The number of hydrogen-bond donors (Lipinski definition) is 1. The Bertz CT molecular complexity index is 619. The number of hydrogen-bond acceptors (Lipinski definition) is 4. The molecule has 1 aliphatic heterocycles. The van der Waals surface area contributed by atoms with E-state index in [1.807, 2.05) is 0 Å². The third kappa shape index (κ3) is 6.05. The van der Waals surface area contributed by atoms with Crippen LogP contribution in [0.5, 0.6) is 0 Å². The molecule has 1 heterocycles. The number of nitrogens with zero attached hydrogens (tertiary/aromatic N) is 1. The summed E-state index contributed by atoms with van der Waals surface area (Å²) in [7, 11) is 0. The Morgan fingerprint density at radius 2 is 1.96 bits per heavy atom. The number of β-lactam (4-membered cyclic amide) rings is 1. The zero-order chi connectivity index (χ0) is 21.1. The lowest BCUT2D eigenvalue weighted by Gasteiger charge is -2.46. The molecule has 158 valence electrons. The average Bonchev–Trinajstić information content (AvgIpc) is 3.26. The number of rotatable bonds is 7. The number of likely N-dealkylation sites (tertiary alicyclic amines) is 1. The Kier molecular flexibility index (Phi) is 8.59. The van der Waals surface area contributed by atoms with Crippen LogP contribution in [0.15, 0.2) is 12.2 Å². The van der Waals surface area contributed by atoms with Crippen molar-refractivity contribution in [3.05, 3.63) is 12.2 Å². The molecule has 2 aliphatic carbocycles. The fourth-order valence-corrected chi connectivity index (χ4v) is 4.11.